The number of hydrogen-bond acceptors (Lipinski definition) is 5. The van der Waals surface area contributed by atoms with E-state index in [9.17, 15) is 17.6 Å². The first-order valence-corrected chi connectivity index (χ1v) is 13.0. The average Bonchev–Trinajstić information content (AvgIpc) is 3.32. The summed E-state index contributed by atoms with van der Waals surface area (Å²) in [7, 11) is -2.43. The van der Waals surface area contributed by atoms with E-state index in [-0.39, 0.29) is 29.9 Å². The van der Waals surface area contributed by atoms with E-state index in [4.69, 9.17) is 4.74 Å². The number of hydrogen-bond donors (Lipinski definition) is 0. The number of sulfonamides is 1. The quantitative estimate of drug-likeness (QED) is 0.434. The summed E-state index contributed by atoms with van der Waals surface area (Å²) in [5.74, 6) is -0.136. The Morgan fingerprint density at radius 2 is 1.91 bits per heavy atom. The van der Waals surface area contributed by atoms with Crippen molar-refractivity contribution in [3.8, 4) is 5.75 Å². The first-order chi connectivity index (χ1) is 16.3. The molecule has 4 rings (SSSR count). The van der Waals surface area contributed by atoms with Gasteiger partial charge in [-0.2, -0.15) is 4.31 Å². The minimum absolute atomic E-state index is 0.0454. The zero-order chi connectivity index (χ0) is 24.3. The number of thiophene rings is 1. The number of fused-ring (bicyclic) bond motifs is 1. The fourth-order valence-electron chi connectivity index (χ4n) is 4.12. The summed E-state index contributed by atoms with van der Waals surface area (Å²) < 4.78 is 46.1. The number of halogens is 1. The van der Waals surface area contributed by atoms with Gasteiger partial charge in [-0.1, -0.05) is 18.2 Å². The van der Waals surface area contributed by atoms with Gasteiger partial charge >= 0.3 is 0 Å². The second-order valence-electron chi connectivity index (χ2n) is 7.85. The maximum Gasteiger partial charge on any atom is 0.243 e. The minimum atomic E-state index is -4.02. The van der Waals surface area contributed by atoms with E-state index in [0.717, 1.165) is 27.6 Å². The Bertz CT molecular complexity index is 1270. The summed E-state index contributed by atoms with van der Waals surface area (Å²) in [6.45, 7) is 3.72. The summed E-state index contributed by atoms with van der Waals surface area (Å²) in [6, 6.07) is 13.8. The molecule has 0 saturated heterocycles. The van der Waals surface area contributed by atoms with Crippen LogP contribution in [0.1, 0.15) is 22.0 Å². The maximum atomic E-state index is 13.6. The van der Waals surface area contributed by atoms with Crippen LogP contribution in [0.2, 0.25) is 0 Å². The summed E-state index contributed by atoms with van der Waals surface area (Å²) in [5, 5.41) is 2.01. The van der Waals surface area contributed by atoms with E-state index < -0.39 is 15.8 Å². The minimum Gasteiger partial charge on any atom is -0.497 e. The lowest BCUT2D eigenvalue weighted by molar-refractivity contribution is -0.133. The van der Waals surface area contributed by atoms with Gasteiger partial charge in [0.05, 0.1) is 24.6 Å². The Labute approximate surface area is 202 Å². The van der Waals surface area contributed by atoms with Crippen LogP contribution in [-0.2, 0) is 21.2 Å². The van der Waals surface area contributed by atoms with Crippen LogP contribution < -0.4 is 4.74 Å². The largest absolute Gasteiger partial charge is 0.497 e. The summed E-state index contributed by atoms with van der Waals surface area (Å²) >= 11 is 1.66. The van der Waals surface area contributed by atoms with Crippen LogP contribution in [0.15, 0.2) is 77.5 Å². The Morgan fingerprint density at radius 3 is 2.56 bits per heavy atom. The maximum absolute atomic E-state index is 13.6. The molecule has 2 heterocycles. The lowest BCUT2D eigenvalue weighted by atomic mass is 9.93. The molecule has 34 heavy (non-hydrogen) atoms. The topological polar surface area (TPSA) is 66.9 Å². The van der Waals surface area contributed by atoms with Crippen LogP contribution >= 0.6 is 11.3 Å². The predicted octanol–water partition coefficient (Wildman–Crippen LogP) is 4.25. The van der Waals surface area contributed by atoms with Crippen molar-refractivity contribution in [2.75, 3.05) is 26.7 Å². The average molecular weight is 501 g/mol. The van der Waals surface area contributed by atoms with Crippen molar-refractivity contribution in [1.29, 1.82) is 0 Å². The Kier molecular flexibility index (Phi) is 7.16. The van der Waals surface area contributed by atoms with Crippen molar-refractivity contribution in [2.24, 2.45) is 0 Å². The van der Waals surface area contributed by atoms with Crippen molar-refractivity contribution in [2.45, 2.75) is 17.4 Å². The SMILES string of the molecule is C=CCN(CC(=O)N1CCc2sccc2C1c1ccc(OC)cc1)S(=O)(=O)c1ccc(F)cc1. The number of ether oxygens (including phenoxy) is 1. The number of amides is 1. The Hall–Kier alpha value is -3.01. The third-order valence-corrected chi connectivity index (χ3v) is 8.64. The molecule has 3 aromatic rings. The fraction of sp³-hybridized carbons (Fsp3) is 0.240. The molecule has 1 aromatic heterocycles. The van der Waals surface area contributed by atoms with Gasteiger partial charge in [0.25, 0.3) is 0 Å². The van der Waals surface area contributed by atoms with Crippen molar-refractivity contribution < 1.29 is 22.3 Å². The van der Waals surface area contributed by atoms with Gasteiger partial charge in [-0.05, 0) is 65.4 Å². The van der Waals surface area contributed by atoms with Gasteiger partial charge in [-0.15, -0.1) is 17.9 Å². The van der Waals surface area contributed by atoms with Gasteiger partial charge in [0.2, 0.25) is 15.9 Å². The highest BCUT2D eigenvalue weighted by Gasteiger charge is 2.35. The normalized spacial score (nSPS) is 15.7. The van der Waals surface area contributed by atoms with Crippen LogP contribution in [-0.4, -0.2) is 50.3 Å². The lowest BCUT2D eigenvalue weighted by Gasteiger charge is -2.37. The first-order valence-electron chi connectivity index (χ1n) is 10.7. The van der Waals surface area contributed by atoms with Gasteiger partial charge in [-0.25, -0.2) is 12.8 Å². The number of carbonyl (C=O) groups excluding carboxylic acids is 1. The highest BCUT2D eigenvalue weighted by molar-refractivity contribution is 7.89. The molecule has 1 amide bonds. The molecule has 1 aliphatic heterocycles. The highest BCUT2D eigenvalue weighted by Crippen LogP contribution is 2.38. The molecule has 178 valence electrons. The van der Waals surface area contributed by atoms with Gasteiger partial charge in [0.1, 0.15) is 11.6 Å². The zero-order valence-corrected chi connectivity index (χ0v) is 20.3. The van der Waals surface area contributed by atoms with E-state index >= 15 is 0 Å². The van der Waals surface area contributed by atoms with E-state index in [1.165, 1.54) is 23.1 Å². The van der Waals surface area contributed by atoms with E-state index in [0.29, 0.717) is 18.7 Å². The monoisotopic (exact) mass is 500 g/mol. The van der Waals surface area contributed by atoms with E-state index in [2.05, 4.69) is 6.58 Å². The Morgan fingerprint density at radius 1 is 1.21 bits per heavy atom. The molecule has 2 aromatic carbocycles. The third-order valence-electron chi connectivity index (χ3n) is 5.81. The van der Waals surface area contributed by atoms with Gasteiger partial charge in [0, 0.05) is 18.0 Å². The molecule has 1 aliphatic rings. The van der Waals surface area contributed by atoms with E-state index in [1.54, 1.807) is 23.3 Å². The highest BCUT2D eigenvalue weighted by atomic mass is 32.2. The lowest BCUT2D eigenvalue weighted by Crippen LogP contribution is -2.46. The predicted molar refractivity (Wildman–Crippen MR) is 130 cm³/mol. The molecule has 0 N–H and O–H groups in total. The molecule has 0 bridgehead atoms. The van der Waals surface area contributed by atoms with Crippen LogP contribution in [0.4, 0.5) is 4.39 Å². The second-order valence-corrected chi connectivity index (χ2v) is 10.8. The van der Waals surface area contributed by atoms with Crippen LogP contribution in [0, 0.1) is 5.82 Å². The zero-order valence-electron chi connectivity index (χ0n) is 18.7. The molecule has 6 nitrogen and oxygen atoms in total. The third kappa shape index (κ3) is 4.77. The molecule has 9 heteroatoms. The first kappa shape index (κ1) is 24.1. The second kappa shape index (κ2) is 10.1. The van der Waals surface area contributed by atoms with E-state index in [1.807, 2.05) is 35.7 Å². The van der Waals surface area contributed by atoms with Crippen molar-refractivity contribution in [3.63, 3.8) is 0 Å². The summed E-state index contributed by atoms with van der Waals surface area (Å²) in [4.78, 5) is 16.4. The fourth-order valence-corrected chi connectivity index (χ4v) is 6.38. The van der Waals surface area contributed by atoms with Crippen LogP contribution in [0.5, 0.6) is 5.75 Å². The molecule has 0 radical (unpaired) electrons. The smallest absolute Gasteiger partial charge is 0.243 e. The molecule has 1 atom stereocenters. The van der Waals surface area contributed by atoms with Crippen molar-refractivity contribution >= 4 is 27.3 Å². The van der Waals surface area contributed by atoms with Crippen molar-refractivity contribution in [3.05, 3.63) is 94.5 Å². The van der Waals surface area contributed by atoms with Crippen LogP contribution in [0.25, 0.3) is 0 Å². The summed E-state index contributed by atoms with van der Waals surface area (Å²) in [5.41, 5.74) is 1.97. The van der Waals surface area contributed by atoms with Gasteiger partial charge in [0.15, 0.2) is 0 Å². The molecule has 0 fully saturated rings. The van der Waals surface area contributed by atoms with Crippen molar-refractivity contribution in [1.82, 2.24) is 9.21 Å². The molecular weight excluding hydrogens is 475 g/mol. The Balaban J connectivity index is 1.65. The number of carbonyl (C=O) groups is 1. The number of methoxy groups -OCH3 is 1. The number of rotatable bonds is 8. The molecule has 0 aliphatic carbocycles. The molecular formula is C25H25FN2O4S2. The van der Waals surface area contributed by atoms with Crippen LogP contribution in [0.3, 0.4) is 0 Å². The van der Waals surface area contributed by atoms with Gasteiger partial charge in [-0.3, -0.25) is 4.79 Å². The number of nitrogens with zero attached hydrogens (tertiary/aromatic N) is 2. The molecule has 0 saturated carbocycles. The van der Waals surface area contributed by atoms with Gasteiger partial charge < -0.3 is 9.64 Å². The molecule has 1 unspecified atom stereocenters. The molecule has 0 spiro atoms. The summed E-state index contributed by atoms with van der Waals surface area (Å²) in [6.07, 6.45) is 2.14. The standard InChI is InChI=1S/C25H25FN2O4S2/c1-3-14-27(34(30,31)21-10-6-19(26)7-11-21)17-24(29)28-15-12-23-22(13-16-33-23)25(28)18-4-8-20(32-2)9-5-18/h3-11,13,16,25H,1,12,14-15,17H2,2H3. The number of benzene rings is 2.